The first-order valence-corrected chi connectivity index (χ1v) is 4.63. The zero-order valence-corrected chi connectivity index (χ0v) is 9.39. The van der Waals surface area contributed by atoms with E-state index in [0.29, 0.717) is 11.3 Å². The van der Waals surface area contributed by atoms with Crippen LogP contribution in [0.5, 0.6) is 17.2 Å². The van der Waals surface area contributed by atoms with E-state index in [-0.39, 0.29) is 17.1 Å². The van der Waals surface area contributed by atoms with Gasteiger partial charge in [0.1, 0.15) is 23.5 Å². The molecule has 0 bridgehead atoms. The molecular weight excluding hydrogens is 220 g/mol. The van der Waals surface area contributed by atoms with Crippen molar-refractivity contribution in [3.8, 4) is 29.4 Å². The van der Waals surface area contributed by atoms with Crippen LogP contribution in [0.25, 0.3) is 6.08 Å². The molecule has 0 atom stereocenters. The smallest absolute Gasteiger partial charge is 0.165 e. The fraction of sp³-hybridized carbons (Fsp3) is 0.167. The molecule has 0 saturated heterocycles. The number of phenolic OH excluding ortho intramolecular Hbond substituents is 1. The molecular formula is C12H10N2O3. The molecule has 86 valence electrons. The first-order chi connectivity index (χ1) is 8.15. The summed E-state index contributed by atoms with van der Waals surface area (Å²) < 4.78 is 9.97. The fourth-order valence-electron chi connectivity index (χ4n) is 1.23. The standard InChI is InChI=1S/C12H10N2O3/c1-16-10-4-9(3-8(6-13)7-14)12(15)11(5-10)17-2/h3-5,15H,1-2H3. The maximum Gasteiger partial charge on any atom is 0.165 e. The Bertz CT molecular complexity index is 520. The van der Waals surface area contributed by atoms with Gasteiger partial charge in [0, 0.05) is 11.6 Å². The first-order valence-electron chi connectivity index (χ1n) is 4.63. The minimum atomic E-state index is -0.142. The molecule has 1 rings (SSSR count). The summed E-state index contributed by atoms with van der Waals surface area (Å²) in [5.74, 6) is 0.531. The average molecular weight is 230 g/mol. The van der Waals surface area contributed by atoms with E-state index >= 15 is 0 Å². The number of phenols is 1. The van der Waals surface area contributed by atoms with Crippen LogP contribution in [0.1, 0.15) is 5.56 Å². The summed E-state index contributed by atoms with van der Waals surface area (Å²) in [6, 6.07) is 6.43. The molecule has 0 unspecified atom stereocenters. The Morgan fingerprint density at radius 2 is 1.88 bits per heavy atom. The molecule has 0 saturated carbocycles. The summed E-state index contributed by atoms with van der Waals surface area (Å²) in [6.07, 6.45) is 1.26. The largest absolute Gasteiger partial charge is 0.504 e. The minimum Gasteiger partial charge on any atom is -0.504 e. The van der Waals surface area contributed by atoms with Gasteiger partial charge in [0.15, 0.2) is 11.5 Å². The SMILES string of the molecule is COc1cc(C=C(C#N)C#N)c(O)c(OC)c1. The van der Waals surface area contributed by atoms with E-state index in [1.165, 1.54) is 32.4 Å². The van der Waals surface area contributed by atoms with Gasteiger partial charge in [-0.25, -0.2) is 0 Å². The van der Waals surface area contributed by atoms with Gasteiger partial charge < -0.3 is 14.6 Å². The van der Waals surface area contributed by atoms with E-state index < -0.39 is 0 Å². The van der Waals surface area contributed by atoms with E-state index in [2.05, 4.69) is 0 Å². The molecule has 0 fully saturated rings. The van der Waals surface area contributed by atoms with Crippen LogP contribution in [0.4, 0.5) is 0 Å². The van der Waals surface area contributed by atoms with E-state index in [0.717, 1.165) is 0 Å². The van der Waals surface area contributed by atoms with Crippen LogP contribution < -0.4 is 9.47 Å². The van der Waals surface area contributed by atoms with Crippen molar-refractivity contribution in [3.05, 3.63) is 23.3 Å². The Balaban J connectivity index is 3.39. The number of hydrogen-bond donors (Lipinski definition) is 1. The number of nitrogens with zero attached hydrogens (tertiary/aromatic N) is 2. The Morgan fingerprint density at radius 1 is 1.24 bits per heavy atom. The average Bonchev–Trinajstić information content (AvgIpc) is 2.37. The highest BCUT2D eigenvalue weighted by atomic mass is 16.5. The predicted octanol–water partition coefficient (Wildman–Crippen LogP) is 1.84. The van der Waals surface area contributed by atoms with Crippen molar-refractivity contribution in [1.29, 1.82) is 10.5 Å². The van der Waals surface area contributed by atoms with Crippen molar-refractivity contribution in [3.63, 3.8) is 0 Å². The topological polar surface area (TPSA) is 86.3 Å². The molecule has 0 aliphatic rings. The number of hydrogen-bond acceptors (Lipinski definition) is 5. The molecule has 17 heavy (non-hydrogen) atoms. The maximum atomic E-state index is 9.80. The normalized spacial score (nSPS) is 8.71. The summed E-state index contributed by atoms with van der Waals surface area (Å²) in [7, 11) is 2.87. The third-order valence-electron chi connectivity index (χ3n) is 2.07. The van der Waals surface area contributed by atoms with E-state index in [9.17, 15) is 5.11 Å². The number of benzene rings is 1. The van der Waals surface area contributed by atoms with Crippen LogP contribution in [-0.2, 0) is 0 Å². The summed E-state index contributed by atoms with van der Waals surface area (Å²) in [6.45, 7) is 0. The zero-order chi connectivity index (χ0) is 12.8. The van der Waals surface area contributed by atoms with Crippen molar-refractivity contribution in [2.24, 2.45) is 0 Å². The fourth-order valence-corrected chi connectivity index (χ4v) is 1.23. The molecule has 0 radical (unpaired) electrons. The van der Waals surface area contributed by atoms with Crippen LogP contribution >= 0.6 is 0 Å². The number of allylic oxidation sites excluding steroid dienone is 1. The molecule has 0 amide bonds. The van der Waals surface area contributed by atoms with Crippen molar-refractivity contribution in [1.82, 2.24) is 0 Å². The molecule has 5 heteroatoms. The summed E-state index contributed by atoms with van der Waals surface area (Å²) >= 11 is 0. The third kappa shape index (κ3) is 2.67. The highest BCUT2D eigenvalue weighted by Gasteiger charge is 2.10. The lowest BCUT2D eigenvalue weighted by Crippen LogP contribution is -1.90. The summed E-state index contributed by atoms with van der Waals surface area (Å²) in [5, 5.41) is 27.1. The molecule has 5 nitrogen and oxygen atoms in total. The van der Waals surface area contributed by atoms with Crippen LogP contribution in [0, 0.1) is 22.7 Å². The monoisotopic (exact) mass is 230 g/mol. The number of methoxy groups -OCH3 is 2. The molecule has 0 spiro atoms. The van der Waals surface area contributed by atoms with Gasteiger partial charge in [-0.1, -0.05) is 0 Å². The van der Waals surface area contributed by atoms with Gasteiger partial charge in [0.05, 0.1) is 14.2 Å². The van der Waals surface area contributed by atoms with Gasteiger partial charge in [0.25, 0.3) is 0 Å². The molecule has 0 heterocycles. The molecule has 0 aliphatic heterocycles. The number of aromatic hydroxyl groups is 1. The lowest BCUT2D eigenvalue weighted by atomic mass is 10.1. The molecule has 1 N–H and O–H groups in total. The van der Waals surface area contributed by atoms with Crippen molar-refractivity contribution in [2.75, 3.05) is 14.2 Å². The quantitative estimate of drug-likeness (QED) is 0.800. The van der Waals surface area contributed by atoms with Crippen LogP contribution in [0.3, 0.4) is 0 Å². The second-order valence-electron chi connectivity index (χ2n) is 3.05. The first kappa shape index (κ1) is 12.4. The van der Waals surface area contributed by atoms with Crippen molar-refractivity contribution >= 4 is 6.08 Å². The van der Waals surface area contributed by atoms with Gasteiger partial charge >= 0.3 is 0 Å². The van der Waals surface area contributed by atoms with E-state index in [1.807, 2.05) is 0 Å². The zero-order valence-electron chi connectivity index (χ0n) is 9.39. The van der Waals surface area contributed by atoms with Gasteiger partial charge in [-0.3, -0.25) is 0 Å². The van der Waals surface area contributed by atoms with E-state index in [4.69, 9.17) is 20.0 Å². The Kier molecular flexibility index (Phi) is 3.96. The third-order valence-corrected chi connectivity index (χ3v) is 2.07. The highest BCUT2D eigenvalue weighted by Crippen LogP contribution is 2.35. The molecule has 1 aromatic carbocycles. The van der Waals surface area contributed by atoms with Gasteiger partial charge in [0.2, 0.25) is 0 Å². The van der Waals surface area contributed by atoms with Crippen molar-refractivity contribution in [2.45, 2.75) is 0 Å². The number of ether oxygens (including phenoxy) is 2. The Labute approximate surface area is 98.7 Å². The van der Waals surface area contributed by atoms with Gasteiger partial charge in [-0.2, -0.15) is 10.5 Å². The van der Waals surface area contributed by atoms with Crippen LogP contribution in [-0.4, -0.2) is 19.3 Å². The van der Waals surface area contributed by atoms with Crippen LogP contribution in [0.15, 0.2) is 17.7 Å². The Morgan fingerprint density at radius 3 is 2.35 bits per heavy atom. The lowest BCUT2D eigenvalue weighted by Gasteiger charge is -2.09. The van der Waals surface area contributed by atoms with E-state index in [1.54, 1.807) is 12.1 Å². The second kappa shape index (κ2) is 5.43. The van der Waals surface area contributed by atoms with Gasteiger partial charge in [-0.15, -0.1) is 0 Å². The van der Waals surface area contributed by atoms with Crippen molar-refractivity contribution < 1.29 is 14.6 Å². The highest BCUT2D eigenvalue weighted by molar-refractivity contribution is 5.70. The lowest BCUT2D eigenvalue weighted by molar-refractivity contribution is 0.363. The van der Waals surface area contributed by atoms with Gasteiger partial charge in [-0.05, 0) is 12.1 Å². The maximum absolute atomic E-state index is 9.80. The summed E-state index contributed by atoms with van der Waals surface area (Å²) in [5.41, 5.74) is 0.176. The van der Waals surface area contributed by atoms with Crippen LogP contribution in [0.2, 0.25) is 0 Å². The summed E-state index contributed by atoms with van der Waals surface area (Å²) in [4.78, 5) is 0. The Hall–Kier alpha value is -2.66. The molecule has 0 aliphatic carbocycles. The molecule has 1 aromatic rings. The predicted molar refractivity (Wildman–Crippen MR) is 60.4 cm³/mol. The number of nitriles is 2. The minimum absolute atomic E-state index is 0.115. The second-order valence-corrected chi connectivity index (χ2v) is 3.05. The number of rotatable bonds is 3. The molecule has 0 aromatic heterocycles.